The number of rotatable bonds is 3. The predicted octanol–water partition coefficient (Wildman–Crippen LogP) is 2.84. The maximum atomic E-state index is 9.62. The molecule has 78 valence electrons. The SMILES string of the molecule is COc1cc(C)cc(C(O)C(Cl)Cl)c1. The summed E-state index contributed by atoms with van der Waals surface area (Å²) in [5.41, 5.74) is 1.66. The highest BCUT2D eigenvalue weighted by Gasteiger charge is 2.16. The van der Waals surface area contributed by atoms with Crippen molar-refractivity contribution in [3.8, 4) is 5.75 Å². The standard InChI is InChI=1S/C10H12Cl2O2/c1-6-3-7(9(13)10(11)12)5-8(4-6)14-2/h3-5,9-10,13H,1-2H3. The van der Waals surface area contributed by atoms with Crippen LogP contribution in [0, 0.1) is 6.92 Å². The lowest BCUT2D eigenvalue weighted by atomic mass is 10.1. The summed E-state index contributed by atoms with van der Waals surface area (Å²) in [5.74, 6) is 0.688. The van der Waals surface area contributed by atoms with Crippen LogP contribution >= 0.6 is 23.2 Å². The number of hydrogen-bond acceptors (Lipinski definition) is 2. The van der Waals surface area contributed by atoms with Crippen molar-refractivity contribution >= 4 is 23.2 Å². The lowest BCUT2D eigenvalue weighted by Gasteiger charge is -2.13. The normalized spacial score (nSPS) is 13.0. The van der Waals surface area contributed by atoms with E-state index in [1.807, 2.05) is 19.1 Å². The maximum Gasteiger partial charge on any atom is 0.137 e. The second-order valence-corrected chi connectivity index (χ2v) is 4.23. The van der Waals surface area contributed by atoms with Crippen LogP contribution in [0.4, 0.5) is 0 Å². The van der Waals surface area contributed by atoms with Crippen LogP contribution in [-0.2, 0) is 0 Å². The average Bonchev–Trinajstić information content (AvgIpc) is 2.15. The number of hydrogen-bond donors (Lipinski definition) is 1. The van der Waals surface area contributed by atoms with Gasteiger partial charge >= 0.3 is 0 Å². The molecule has 1 unspecified atom stereocenters. The van der Waals surface area contributed by atoms with Crippen LogP contribution in [0.1, 0.15) is 17.2 Å². The van der Waals surface area contributed by atoms with E-state index in [-0.39, 0.29) is 0 Å². The third-order valence-corrected chi connectivity index (χ3v) is 2.37. The molecular formula is C10H12Cl2O2. The van der Waals surface area contributed by atoms with Crippen LogP contribution in [0.15, 0.2) is 18.2 Å². The molecule has 0 aliphatic carbocycles. The van der Waals surface area contributed by atoms with Gasteiger partial charge in [0.2, 0.25) is 0 Å². The van der Waals surface area contributed by atoms with Crippen molar-refractivity contribution in [1.29, 1.82) is 0 Å². The summed E-state index contributed by atoms with van der Waals surface area (Å²) in [6.45, 7) is 1.91. The molecule has 2 nitrogen and oxygen atoms in total. The van der Waals surface area contributed by atoms with Gasteiger partial charge in [-0.05, 0) is 30.2 Å². The van der Waals surface area contributed by atoms with Gasteiger partial charge in [-0.1, -0.05) is 6.07 Å². The maximum absolute atomic E-state index is 9.62. The molecule has 0 radical (unpaired) electrons. The molecule has 0 aliphatic rings. The number of halogens is 2. The summed E-state index contributed by atoms with van der Waals surface area (Å²) in [6, 6.07) is 5.41. The van der Waals surface area contributed by atoms with Crippen molar-refractivity contribution in [1.82, 2.24) is 0 Å². The Bertz CT molecular complexity index is 313. The van der Waals surface area contributed by atoms with E-state index in [4.69, 9.17) is 27.9 Å². The summed E-state index contributed by atoms with van der Waals surface area (Å²) in [6.07, 6.45) is -0.882. The summed E-state index contributed by atoms with van der Waals surface area (Å²) in [4.78, 5) is -0.832. The number of methoxy groups -OCH3 is 1. The van der Waals surface area contributed by atoms with Gasteiger partial charge in [0.05, 0.1) is 7.11 Å². The molecule has 1 aromatic carbocycles. The summed E-state index contributed by atoms with van der Waals surface area (Å²) in [5, 5.41) is 9.62. The highest BCUT2D eigenvalue weighted by atomic mass is 35.5. The van der Waals surface area contributed by atoms with Crippen molar-refractivity contribution in [2.45, 2.75) is 17.9 Å². The Balaban J connectivity index is 3.02. The fourth-order valence-corrected chi connectivity index (χ4v) is 1.50. The van der Waals surface area contributed by atoms with E-state index in [2.05, 4.69) is 0 Å². The van der Waals surface area contributed by atoms with Crippen LogP contribution in [0.3, 0.4) is 0 Å². The van der Waals surface area contributed by atoms with Gasteiger partial charge in [-0.15, -0.1) is 23.2 Å². The molecule has 1 N–H and O–H groups in total. The Labute approximate surface area is 93.4 Å². The van der Waals surface area contributed by atoms with Gasteiger partial charge < -0.3 is 9.84 Å². The largest absolute Gasteiger partial charge is 0.497 e. The van der Waals surface area contributed by atoms with Crippen LogP contribution in [-0.4, -0.2) is 17.1 Å². The first-order valence-corrected chi connectivity index (χ1v) is 5.03. The van der Waals surface area contributed by atoms with Gasteiger partial charge in [0.1, 0.15) is 16.7 Å². The minimum atomic E-state index is -0.882. The Hall–Kier alpha value is -0.440. The van der Waals surface area contributed by atoms with E-state index in [1.54, 1.807) is 13.2 Å². The fraction of sp³-hybridized carbons (Fsp3) is 0.400. The number of ether oxygens (including phenoxy) is 1. The van der Waals surface area contributed by atoms with Crippen molar-refractivity contribution in [2.75, 3.05) is 7.11 Å². The second-order valence-electron chi connectivity index (χ2n) is 3.06. The summed E-state index contributed by atoms with van der Waals surface area (Å²) < 4.78 is 5.07. The number of benzene rings is 1. The molecule has 1 aromatic rings. The van der Waals surface area contributed by atoms with Crippen molar-refractivity contribution in [3.63, 3.8) is 0 Å². The minimum absolute atomic E-state index is 0.664. The topological polar surface area (TPSA) is 29.5 Å². The van der Waals surface area contributed by atoms with E-state index >= 15 is 0 Å². The van der Waals surface area contributed by atoms with E-state index in [0.717, 1.165) is 5.56 Å². The zero-order chi connectivity index (χ0) is 10.7. The summed E-state index contributed by atoms with van der Waals surface area (Å²) >= 11 is 11.2. The molecule has 0 amide bonds. The van der Waals surface area contributed by atoms with Crippen molar-refractivity contribution < 1.29 is 9.84 Å². The zero-order valence-electron chi connectivity index (χ0n) is 8.00. The van der Waals surface area contributed by atoms with Gasteiger partial charge in [0.15, 0.2) is 0 Å². The van der Waals surface area contributed by atoms with E-state index in [0.29, 0.717) is 11.3 Å². The molecule has 1 rings (SSSR count). The Morgan fingerprint density at radius 3 is 2.43 bits per heavy atom. The van der Waals surface area contributed by atoms with E-state index in [1.165, 1.54) is 0 Å². The third kappa shape index (κ3) is 2.77. The summed E-state index contributed by atoms with van der Waals surface area (Å²) in [7, 11) is 1.57. The van der Waals surface area contributed by atoms with Gasteiger partial charge in [0, 0.05) is 0 Å². The quantitative estimate of drug-likeness (QED) is 0.816. The lowest BCUT2D eigenvalue weighted by Crippen LogP contribution is -2.06. The first kappa shape index (κ1) is 11.6. The number of aliphatic hydroxyl groups excluding tert-OH is 1. The molecule has 0 saturated heterocycles. The lowest BCUT2D eigenvalue weighted by molar-refractivity contribution is 0.192. The second kappa shape index (κ2) is 4.87. The first-order valence-electron chi connectivity index (χ1n) is 4.16. The molecule has 0 spiro atoms. The van der Waals surface area contributed by atoms with Gasteiger partial charge in [-0.3, -0.25) is 0 Å². The number of aryl methyl sites for hydroxylation is 1. The van der Waals surface area contributed by atoms with E-state index in [9.17, 15) is 5.11 Å². The Morgan fingerprint density at radius 2 is 1.93 bits per heavy atom. The molecule has 0 aromatic heterocycles. The van der Waals surface area contributed by atoms with Crippen LogP contribution in [0.2, 0.25) is 0 Å². The Kier molecular flexibility index (Phi) is 4.05. The monoisotopic (exact) mass is 234 g/mol. The first-order chi connectivity index (χ1) is 6.54. The van der Waals surface area contributed by atoms with Gasteiger partial charge in [-0.25, -0.2) is 0 Å². The molecule has 4 heteroatoms. The molecular weight excluding hydrogens is 223 g/mol. The van der Waals surface area contributed by atoms with Gasteiger partial charge in [-0.2, -0.15) is 0 Å². The predicted molar refractivity (Wildman–Crippen MR) is 58.2 cm³/mol. The number of alkyl halides is 2. The molecule has 0 bridgehead atoms. The van der Waals surface area contributed by atoms with Crippen LogP contribution < -0.4 is 4.74 Å². The third-order valence-electron chi connectivity index (χ3n) is 1.89. The van der Waals surface area contributed by atoms with E-state index < -0.39 is 10.9 Å². The smallest absolute Gasteiger partial charge is 0.137 e. The minimum Gasteiger partial charge on any atom is -0.497 e. The number of aliphatic hydroxyl groups is 1. The molecule has 0 saturated carbocycles. The molecule has 14 heavy (non-hydrogen) atoms. The highest BCUT2D eigenvalue weighted by molar-refractivity contribution is 6.44. The molecule has 1 atom stereocenters. The van der Waals surface area contributed by atoms with Crippen LogP contribution in [0.5, 0.6) is 5.75 Å². The van der Waals surface area contributed by atoms with Crippen molar-refractivity contribution in [3.05, 3.63) is 29.3 Å². The van der Waals surface area contributed by atoms with Crippen molar-refractivity contribution in [2.24, 2.45) is 0 Å². The average molecular weight is 235 g/mol. The molecule has 0 aliphatic heterocycles. The van der Waals surface area contributed by atoms with Crippen LogP contribution in [0.25, 0.3) is 0 Å². The zero-order valence-corrected chi connectivity index (χ0v) is 9.51. The highest BCUT2D eigenvalue weighted by Crippen LogP contribution is 2.27. The van der Waals surface area contributed by atoms with Gasteiger partial charge in [0.25, 0.3) is 0 Å². The molecule has 0 fully saturated rings. The Morgan fingerprint density at radius 1 is 1.29 bits per heavy atom. The fourth-order valence-electron chi connectivity index (χ4n) is 1.21. The molecule has 0 heterocycles.